The van der Waals surface area contributed by atoms with E-state index < -0.39 is 24.1 Å². The smallest absolute Gasteiger partial charge is 0.408 e. The summed E-state index contributed by atoms with van der Waals surface area (Å²) in [5.41, 5.74) is 2.71. The Morgan fingerprint density at radius 3 is 2.36 bits per heavy atom. The fourth-order valence-corrected chi connectivity index (χ4v) is 4.89. The van der Waals surface area contributed by atoms with Gasteiger partial charge in [0, 0.05) is 36.1 Å². The van der Waals surface area contributed by atoms with Crippen LogP contribution in [0.4, 0.5) is 4.79 Å². The number of rotatable bonds is 16. The number of amides is 3. The number of thiocarbonyl (C=S) groups is 1. The average molecular weight is 594 g/mol. The van der Waals surface area contributed by atoms with Crippen LogP contribution in [-0.2, 0) is 27.4 Å². The van der Waals surface area contributed by atoms with Crippen molar-refractivity contribution in [3.05, 3.63) is 71.9 Å². The molecule has 1 heterocycles. The number of benzene rings is 2. The van der Waals surface area contributed by atoms with Crippen LogP contribution in [-0.4, -0.2) is 52.6 Å². The van der Waals surface area contributed by atoms with Crippen LogP contribution in [0.25, 0.3) is 10.9 Å². The second-order valence-electron chi connectivity index (χ2n) is 10.6. The van der Waals surface area contributed by atoms with Crippen molar-refractivity contribution >= 4 is 46.0 Å². The monoisotopic (exact) mass is 593 g/mol. The first-order valence-corrected chi connectivity index (χ1v) is 15.1. The summed E-state index contributed by atoms with van der Waals surface area (Å²) in [5, 5.41) is 12.8. The van der Waals surface area contributed by atoms with E-state index in [2.05, 4.69) is 33.2 Å². The number of ether oxygens (including phenoxy) is 1. The van der Waals surface area contributed by atoms with Crippen LogP contribution < -0.4 is 21.3 Å². The highest BCUT2D eigenvalue weighted by Gasteiger charge is 2.28. The van der Waals surface area contributed by atoms with E-state index in [1.165, 1.54) is 0 Å². The summed E-state index contributed by atoms with van der Waals surface area (Å²) in [4.78, 5) is 43.6. The molecule has 9 nitrogen and oxygen atoms in total. The third kappa shape index (κ3) is 10.8. The fraction of sp³-hybridized carbons (Fsp3) is 0.438. The van der Waals surface area contributed by atoms with Gasteiger partial charge in [-0.3, -0.25) is 9.59 Å². The Kier molecular flexibility index (Phi) is 13.3. The molecule has 1 aromatic heterocycles. The predicted molar refractivity (Wildman–Crippen MR) is 170 cm³/mol. The number of carbonyl (C=O) groups excluding carboxylic acids is 3. The number of hydrogen-bond acceptors (Lipinski definition) is 5. The molecule has 3 aromatic rings. The molecule has 0 fully saturated rings. The second kappa shape index (κ2) is 17.1. The van der Waals surface area contributed by atoms with Gasteiger partial charge in [-0.15, -0.1) is 0 Å². The van der Waals surface area contributed by atoms with Crippen LogP contribution >= 0.6 is 12.2 Å². The van der Waals surface area contributed by atoms with Crippen LogP contribution in [0.3, 0.4) is 0 Å². The van der Waals surface area contributed by atoms with Gasteiger partial charge in [-0.2, -0.15) is 0 Å². The molecule has 3 rings (SSSR count). The van der Waals surface area contributed by atoms with Gasteiger partial charge in [0.1, 0.15) is 18.7 Å². The number of aromatic nitrogens is 1. The van der Waals surface area contributed by atoms with E-state index in [4.69, 9.17) is 17.0 Å². The Labute approximate surface area is 253 Å². The van der Waals surface area contributed by atoms with Gasteiger partial charge in [-0.05, 0) is 63.1 Å². The molecular formula is C32H43N5O4S. The lowest BCUT2D eigenvalue weighted by Gasteiger charge is -2.24. The number of unbranched alkanes of at least 4 members (excludes halogenated alkanes) is 1. The molecule has 10 heteroatoms. The van der Waals surface area contributed by atoms with Crippen molar-refractivity contribution in [2.75, 3.05) is 6.54 Å². The maximum absolute atomic E-state index is 13.6. The van der Waals surface area contributed by atoms with E-state index in [1.807, 2.05) is 74.6 Å². The van der Waals surface area contributed by atoms with E-state index in [0.29, 0.717) is 19.4 Å². The molecule has 0 spiro atoms. The first-order chi connectivity index (χ1) is 20.3. The fourth-order valence-electron chi connectivity index (χ4n) is 4.58. The van der Waals surface area contributed by atoms with Crippen LogP contribution in [0.1, 0.15) is 64.0 Å². The third-order valence-corrected chi connectivity index (χ3v) is 7.05. The molecule has 0 radical (unpaired) electrons. The Bertz CT molecular complexity index is 1310. The Morgan fingerprint density at radius 1 is 0.905 bits per heavy atom. The van der Waals surface area contributed by atoms with Gasteiger partial charge in [0.2, 0.25) is 11.8 Å². The first-order valence-electron chi connectivity index (χ1n) is 14.7. The molecule has 5 N–H and O–H groups in total. The highest BCUT2D eigenvalue weighted by Crippen LogP contribution is 2.19. The summed E-state index contributed by atoms with van der Waals surface area (Å²) < 4.78 is 5.39. The number of aromatic amines is 1. The highest BCUT2D eigenvalue weighted by molar-refractivity contribution is 7.80. The summed E-state index contributed by atoms with van der Waals surface area (Å²) in [6.45, 7) is 6.59. The molecule has 0 saturated heterocycles. The minimum Gasteiger partial charge on any atom is -0.445 e. The van der Waals surface area contributed by atoms with Gasteiger partial charge in [0.25, 0.3) is 0 Å². The highest BCUT2D eigenvalue weighted by atomic mass is 32.1. The zero-order valence-corrected chi connectivity index (χ0v) is 25.5. The Morgan fingerprint density at radius 2 is 1.62 bits per heavy atom. The molecule has 42 heavy (non-hydrogen) atoms. The van der Waals surface area contributed by atoms with Crippen molar-refractivity contribution in [2.24, 2.45) is 0 Å². The maximum Gasteiger partial charge on any atom is 0.408 e. The number of nitrogens with one attached hydrogen (secondary N) is 5. The molecule has 0 bridgehead atoms. The Balaban J connectivity index is 1.69. The summed E-state index contributed by atoms with van der Waals surface area (Å²) in [7, 11) is 0. The van der Waals surface area contributed by atoms with Gasteiger partial charge in [-0.1, -0.05) is 67.7 Å². The number of para-hydroxylation sites is 1. The van der Waals surface area contributed by atoms with Gasteiger partial charge < -0.3 is 31.0 Å². The van der Waals surface area contributed by atoms with Crippen molar-refractivity contribution < 1.29 is 19.1 Å². The van der Waals surface area contributed by atoms with Crippen LogP contribution in [0.5, 0.6) is 0 Å². The van der Waals surface area contributed by atoms with Crippen molar-refractivity contribution in [1.29, 1.82) is 0 Å². The molecule has 0 saturated carbocycles. The van der Waals surface area contributed by atoms with E-state index in [0.717, 1.165) is 46.3 Å². The van der Waals surface area contributed by atoms with Gasteiger partial charge in [0.05, 0.1) is 4.99 Å². The minimum atomic E-state index is -0.881. The number of fused-ring (bicyclic) bond motifs is 1. The quantitative estimate of drug-likeness (QED) is 0.119. The van der Waals surface area contributed by atoms with Crippen molar-refractivity contribution in [3.8, 4) is 0 Å². The predicted octanol–water partition coefficient (Wildman–Crippen LogP) is 4.90. The number of hydrogen-bond donors (Lipinski definition) is 5. The Hall–Kier alpha value is -3.92. The molecule has 226 valence electrons. The van der Waals surface area contributed by atoms with Crippen LogP contribution in [0, 0.1) is 0 Å². The molecule has 3 amide bonds. The van der Waals surface area contributed by atoms with E-state index in [-0.39, 0.29) is 25.0 Å². The summed E-state index contributed by atoms with van der Waals surface area (Å²) >= 11 is 5.31. The number of alkyl carbamates (subject to hydrolysis) is 1. The minimum absolute atomic E-state index is 0.0831. The molecule has 0 aliphatic rings. The van der Waals surface area contributed by atoms with Crippen LogP contribution in [0.15, 0.2) is 60.8 Å². The topological polar surface area (TPSA) is 124 Å². The van der Waals surface area contributed by atoms with E-state index in [1.54, 1.807) is 0 Å². The molecule has 2 aromatic carbocycles. The summed E-state index contributed by atoms with van der Waals surface area (Å²) in [5.74, 6) is -0.729. The molecule has 0 unspecified atom stereocenters. The lowest BCUT2D eigenvalue weighted by Crippen LogP contribution is -2.55. The first kappa shape index (κ1) is 32.6. The zero-order valence-electron chi connectivity index (χ0n) is 24.7. The SMILES string of the molecule is CCCC(=S)NCCCC[C@H](NC(=O)OCc1ccccc1)C(=O)N[C@@H](Cc1c[nH]c2ccccc12)C(=O)NC(C)C. The van der Waals surface area contributed by atoms with Gasteiger partial charge in [-0.25, -0.2) is 4.79 Å². The largest absolute Gasteiger partial charge is 0.445 e. The van der Waals surface area contributed by atoms with E-state index >= 15 is 0 Å². The maximum atomic E-state index is 13.6. The lowest BCUT2D eigenvalue weighted by atomic mass is 10.0. The number of carbonyl (C=O) groups is 3. The van der Waals surface area contributed by atoms with Crippen molar-refractivity contribution in [1.82, 2.24) is 26.3 Å². The molecule has 0 aliphatic carbocycles. The summed E-state index contributed by atoms with van der Waals surface area (Å²) in [6, 6.07) is 15.3. The molecule has 2 atom stereocenters. The zero-order chi connectivity index (χ0) is 30.3. The average Bonchev–Trinajstić information content (AvgIpc) is 3.38. The van der Waals surface area contributed by atoms with Crippen molar-refractivity contribution in [3.63, 3.8) is 0 Å². The second-order valence-corrected chi connectivity index (χ2v) is 11.1. The normalized spacial score (nSPS) is 12.4. The summed E-state index contributed by atoms with van der Waals surface area (Å²) in [6.07, 6.45) is 5.07. The van der Waals surface area contributed by atoms with Gasteiger partial charge >= 0.3 is 6.09 Å². The van der Waals surface area contributed by atoms with Crippen LogP contribution in [0.2, 0.25) is 0 Å². The standard InChI is InChI=1S/C32H43N5O4S/c1-4-12-29(42)33-18-11-10-17-27(37-32(40)41-21-23-13-6-5-7-14-23)30(38)36-28(31(39)35-22(2)3)19-24-20-34-26-16-9-8-15-25(24)26/h5-9,13-16,20,22,27-28,34H,4,10-12,17-19,21H2,1-3H3,(H,33,42)(H,35,39)(H,36,38)(H,37,40)/t27-,28-/m0/s1. The molecule has 0 aliphatic heterocycles. The van der Waals surface area contributed by atoms with Gasteiger partial charge in [0.15, 0.2) is 0 Å². The third-order valence-electron chi connectivity index (χ3n) is 6.70. The van der Waals surface area contributed by atoms with E-state index in [9.17, 15) is 14.4 Å². The number of H-pyrrole nitrogens is 1. The lowest BCUT2D eigenvalue weighted by molar-refractivity contribution is -0.130. The molecular weight excluding hydrogens is 550 g/mol. The van der Waals surface area contributed by atoms with Crippen molar-refractivity contribution in [2.45, 2.75) is 84.0 Å².